The number of rotatable bonds is 4. The van der Waals surface area contributed by atoms with Crippen LogP contribution in [0.4, 0.5) is 17.1 Å². The quantitative estimate of drug-likeness (QED) is 0.553. The second-order valence-electron chi connectivity index (χ2n) is 6.41. The third kappa shape index (κ3) is 3.49. The number of pyridine rings is 1. The van der Waals surface area contributed by atoms with E-state index in [1.807, 2.05) is 18.2 Å². The van der Waals surface area contributed by atoms with Crippen LogP contribution in [-0.4, -0.2) is 42.1 Å². The van der Waals surface area contributed by atoms with Crippen LogP contribution in [0, 0.1) is 10.1 Å². The molecule has 8 nitrogen and oxygen atoms in total. The van der Waals surface area contributed by atoms with Gasteiger partial charge in [-0.05, 0) is 30.3 Å². The summed E-state index contributed by atoms with van der Waals surface area (Å²) in [5.74, 6) is -0.334. The number of fused-ring (bicyclic) bond motifs is 1. The third-order valence-corrected chi connectivity index (χ3v) is 4.74. The number of ether oxygens (including phenoxy) is 1. The summed E-state index contributed by atoms with van der Waals surface area (Å²) in [5, 5.41) is 15.5. The number of anilines is 2. The number of nitrogens with zero attached hydrogens (tertiary/aromatic N) is 3. The standard InChI is InChI=1S/C20H18N4O4/c25-20(14-1-3-15(4-2-14)24(26)27)22-18-5-6-19(23-9-11-28-12-10-23)16-7-8-21-13-17(16)18/h1-8,13H,9-12H2,(H,22,25). The molecule has 0 bridgehead atoms. The number of carbonyl (C=O) groups excluding carboxylic acids is 1. The SMILES string of the molecule is O=C(Nc1ccc(N2CCOCC2)c2ccncc12)c1ccc([N+](=O)[O-])cc1. The Morgan fingerprint density at radius 3 is 2.54 bits per heavy atom. The summed E-state index contributed by atoms with van der Waals surface area (Å²) in [6.45, 7) is 2.99. The molecule has 0 radical (unpaired) electrons. The van der Waals surface area contributed by atoms with Crippen LogP contribution in [-0.2, 0) is 4.74 Å². The van der Waals surface area contributed by atoms with Crippen molar-refractivity contribution in [1.29, 1.82) is 0 Å². The Kier molecular flexibility index (Phi) is 4.86. The van der Waals surface area contributed by atoms with Gasteiger partial charge < -0.3 is 15.0 Å². The summed E-state index contributed by atoms with van der Waals surface area (Å²) in [5.41, 5.74) is 2.01. The van der Waals surface area contributed by atoms with Gasteiger partial charge in [0.15, 0.2) is 0 Å². The normalized spacial score (nSPS) is 14.1. The zero-order valence-corrected chi connectivity index (χ0v) is 15.0. The lowest BCUT2D eigenvalue weighted by molar-refractivity contribution is -0.384. The molecular formula is C20H18N4O4. The fourth-order valence-electron chi connectivity index (χ4n) is 3.29. The Labute approximate surface area is 160 Å². The number of nitrogens with one attached hydrogen (secondary N) is 1. The Balaban J connectivity index is 1.64. The van der Waals surface area contributed by atoms with E-state index in [0.717, 1.165) is 29.5 Å². The van der Waals surface area contributed by atoms with Crippen molar-refractivity contribution in [2.75, 3.05) is 36.5 Å². The second kappa shape index (κ2) is 7.61. The highest BCUT2D eigenvalue weighted by Crippen LogP contribution is 2.32. The van der Waals surface area contributed by atoms with Crippen LogP contribution < -0.4 is 10.2 Å². The molecule has 1 aliphatic heterocycles. The average Bonchev–Trinajstić information content (AvgIpc) is 2.74. The highest BCUT2D eigenvalue weighted by Gasteiger charge is 2.17. The zero-order chi connectivity index (χ0) is 19.5. The maximum absolute atomic E-state index is 12.6. The van der Waals surface area contributed by atoms with Crippen LogP contribution in [0.3, 0.4) is 0 Å². The molecule has 1 aromatic heterocycles. The van der Waals surface area contributed by atoms with Crippen molar-refractivity contribution in [2.24, 2.45) is 0 Å². The van der Waals surface area contributed by atoms with E-state index in [4.69, 9.17) is 4.74 Å². The highest BCUT2D eigenvalue weighted by atomic mass is 16.6. The lowest BCUT2D eigenvalue weighted by atomic mass is 10.1. The van der Waals surface area contributed by atoms with Crippen molar-refractivity contribution < 1.29 is 14.5 Å². The van der Waals surface area contributed by atoms with E-state index in [2.05, 4.69) is 15.2 Å². The first-order valence-electron chi connectivity index (χ1n) is 8.89. The lowest BCUT2D eigenvalue weighted by Gasteiger charge is -2.30. The van der Waals surface area contributed by atoms with E-state index < -0.39 is 4.92 Å². The molecule has 0 spiro atoms. The number of nitro groups is 1. The molecule has 0 atom stereocenters. The fraction of sp³-hybridized carbons (Fsp3) is 0.200. The van der Waals surface area contributed by atoms with Gasteiger partial charge in [-0.1, -0.05) is 0 Å². The summed E-state index contributed by atoms with van der Waals surface area (Å²) in [6, 6.07) is 11.3. The molecule has 8 heteroatoms. The van der Waals surface area contributed by atoms with Crippen LogP contribution >= 0.6 is 0 Å². The van der Waals surface area contributed by atoms with E-state index in [1.54, 1.807) is 12.4 Å². The van der Waals surface area contributed by atoms with Crippen LogP contribution in [0.15, 0.2) is 54.9 Å². The molecule has 0 saturated carbocycles. The van der Waals surface area contributed by atoms with Crippen LogP contribution in [0.5, 0.6) is 0 Å². The lowest BCUT2D eigenvalue weighted by Crippen LogP contribution is -2.36. The molecule has 1 saturated heterocycles. The van der Waals surface area contributed by atoms with Gasteiger partial charge in [-0.3, -0.25) is 19.9 Å². The molecule has 1 amide bonds. The Morgan fingerprint density at radius 2 is 1.82 bits per heavy atom. The van der Waals surface area contributed by atoms with Crippen molar-refractivity contribution in [1.82, 2.24) is 4.98 Å². The Bertz CT molecular complexity index is 1030. The van der Waals surface area contributed by atoms with Crippen molar-refractivity contribution >= 4 is 33.7 Å². The van der Waals surface area contributed by atoms with Gasteiger partial charge in [0.05, 0.1) is 23.8 Å². The zero-order valence-electron chi connectivity index (χ0n) is 15.0. The molecule has 0 aliphatic carbocycles. The Hall–Kier alpha value is -3.52. The topological polar surface area (TPSA) is 97.6 Å². The number of non-ortho nitro benzene ring substituents is 1. The predicted molar refractivity (Wildman–Crippen MR) is 106 cm³/mol. The molecule has 2 aromatic carbocycles. The smallest absolute Gasteiger partial charge is 0.269 e. The molecule has 3 aromatic rings. The fourth-order valence-corrected chi connectivity index (χ4v) is 3.29. The number of hydrogen-bond donors (Lipinski definition) is 1. The van der Waals surface area contributed by atoms with Crippen LogP contribution in [0.1, 0.15) is 10.4 Å². The third-order valence-electron chi connectivity index (χ3n) is 4.74. The average molecular weight is 378 g/mol. The number of benzene rings is 2. The first-order valence-corrected chi connectivity index (χ1v) is 8.89. The van der Waals surface area contributed by atoms with Crippen LogP contribution in [0.2, 0.25) is 0 Å². The van der Waals surface area contributed by atoms with Gasteiger partial charge in [0, 0.05) is 59.6 Å². The molecule has 4 rings (SSSR count). The van der Waals surface area contributed by atoms with Gasteiger partial charge in [-0.15, -0.1) is 0 Å². The van der Waals surface area contributed by atoms with Crippen molar-refractivity contribution in [2.45, 2.75) is 0 Å². The molecular weight excluding hydrogens is 360 g/mol. The second-order valence-corrected chi connectivity index (χ2v) is 6.41. The van der Waals surface area contributed by atoms with Gasteiger partial charge in [0.2, 0.25) is 0 Å². The number of morpholine rings is 1. The van der Waals surface area contributed by atoms with Crippen LogP contribution in [0.25, 0.3) is 10.8 Å². The summed E-state index contributed by atoms with van der Waals surface area (Å²) < 4.78 is 5.43. The van der Waals surface area contributed by atoms with E-state index in [1.165, 1.54) is 24.3 Å². The monoisotopic (exact) mass is 378 g/mol. The molecule has 1 N–H and O–H groups in total. The first kappa shape index (κ1) is 17.9. The predicted octanol–water partition coefficient (Wildman–Crippen LogP) is 3.23. The summed E-state index contributed by atoms with van der Waals surface area (Å²) >= 11 is 0. The molecule has 142 valence electrons. The minimum absolute atomic E-state index is 0.0546. The molecule has 2 heterocycles. The van der Waals surface area contributed by atoms with Crippen molar-refractivity contribution in [3.8, 4) is 0 Å². The molecule has 1 aliphatic rings. The van der Waals surface area contributed by atoms with Gasteiger partial charge in [0.25, 0.3) is 11.6 Å². The summed E-state index contributed by atoms with van der Waals surface area (Å²) in [6.07, 6.45) is 3.46. The van der Waals surface area contributed by atoms with Gasteiger partial charge in [-0.25, -0.2) is 0 Å². The number of aromatic nitrogens is 1. The van der Waals surface area contributed by atoms with E-state index in [9.17, 15) is 14.9 Å². The largest absolute Gasteiger partial charge is 0.378 e. The summed E-state index contributed by atoms with van der Waals surface area (Å²) in [4.78, 5) is 29.3. The van der Waals surface area contributed by atoms with Gasteiger partial charge >= 0.3 is 0 Å². The minimum Gasteiger partial charge on any atom is -0.378 e. The highest BCUT2D eigenvalue weighted by molar-refractivity contribution is 6.11. The maximum atomic E-state index is 12.6. The van der Waals surface area contributed by atoms with E-state index in [0.29, 0.717) is 24.5 Å². The number of hydrogen-bond acceptors (Lipinski definition) is 6. The van der Waals surface area contributed by atoms with Gasteiger partial charge in [-0.2, -0.15) is 0 Å². The minimum atomic E-state index is -0.495. The maximum Gasteiger partial charge on any atom is 0.269 e. The van der Waals surface area contributed by atoms with E-state index in [-0.39, 0.29) is 11.6 Å². The number of amides is 1. The van der Waals surface area contributed by atoms with E-state index >= 15 is 0 Å². The number of nitro benzene ring substituents is 1. The molecule has 0 unspecified atom stereocenters. The van der Waals surface area contributed by atoms with Crippen molar-refractivity contribution in [3.05, 3.63) is 70.5 Å². The first-order chi connectivity index (χ1) is 13.6. The summed E-state index contributed by atoms with van der Waals surface area (Å²) in [7, 11) is 0. The van der Waals surface area contributed by atoms with Gasteiger partial charge in [0.1, 0.15) is 0 Å². The molecule has 1 fully saturated rings. The molecule has 28 heavy (non-hydrogen) atoms. The van der Waals surface area contributed by atoms with Crippen molar-refractivity contribution in [3.63, 3.8) is 0 Å². The Morgan fingerprint density at radius 1 is 1.07 bits per heavy atom. The number of carbonyl (C=O) groups is 1.